The van der Waals surface area contributed by atoms with Crippen LogP contribution in [-0.4, -0.2) is 30.2 Å². The van der Waals surface area contributed by atoms with Crippen LogP contribution in [-0.2, 0) is 5.75 Å². The SMILES string of the molecule is COc1ccc2nc(SCc3ccccc3N(C)C3CCCCC3)[nH]c2c1. The average molecular weight is 382 g/mol. The zero-order valence-electron chi connectivity index (χ0n) is 16.1. The fraction of sp³-hybridized carbons (Fsp3) is 0.409. The van der Waals surface area contributed by atoms with Gasteiger partial charge >= 0.3 is 0 Å². The Labute approximate surface area is 165 Å². The number of methoxy groups -OCH3 is 1. The summed E-state index contributed by atoms with van der Waals surface area (Å²) in [7, 11) is 3.94. The number of aromatic nitrogens is 2. The van der Waals surface area contributed by atoms with Gasteiger partial charge in [0.2, 0.25) is 0 Å². The molecule has 1 aliphatic carbocycles. The third-order valence-corrected chi connectivity index (χ3v) is 6.45. The smallest absolute Gasteiger partial charge is 0.166 e. The van der Waals surface area contributed by atoms with Gasteiger partial charge in [0, 0.05) is 30.6 Å². The van der Waals surface area contributed by atoms with Crippen molar-refractivity contribution in [1.29, 1.82) is 0 Å². The highest BCUT2D eigenvalue weighted by molar-refractivity contribution is 7.98. The summed E-state index contributed by atoms with van der Waals surface area (Å²) in [6.45, 7) is 0. The number of anilines is 1. The number of fused-ring (bicyclic) bond motifs is 1. The molecule has 3 aromatic rings. The van der Waals surface area contributed by atoms with Gasteiger partial charge in [0.25, 0.3) is 0 Å². The number of hydrogen-bond acceptors (Lipinski definition) is 4. The van der Waals surface area contributed by atoms with Crippen molar-refractivity contribution >= 4 is 28.5 Å². The van der Waals surface area contributed by atoms with Gasteiger partial charge < -0.3 is 14.6 Å². The van der Waals surface area contributed by atoms with Gasteiger partial charge in [-0.2, -0.15) is 0 Å². The molecule has 1 saturated carbocycles. The Hall–Kier alpha value is -2.14. The number of aromatic amines is 1. The fourth-order valence-corrected chi connectivity index (χ4v) is 4.83. The lowest BCUT2D eigenvalue weighted by Crippen LogP contribution is -2.33. The van der Waals surface area contributed by atoms with E-state index < -0.39 is 0 Å². The molecule has 2 aromatic carbocycles. The predicted molar refractivity (Wildman–Crippen MR) is 114 cm³/mol. The lowest BCUT2D eigenvalue weighted by molar-refractivity contribution is 0.415. The standard InChI is InChI=1S/C22H27N3OS/c1-25(17-9-4-3-5-10-17)21-11-7-6-8-16(21)15-27-22-23-19-13-12-18(26-2)14-20(19)24-22/h6-8,11-14,17H,3-5,9-10,15H2,1-2H3,(H,23,24). The Balaban J connectivity index is 1.49. The molecule has 0 radical (unpaired) electrons. The minimum Gasteiger partial charge on any atom is -0.497 e. The summed E-state index contributed by atoms with van der Waals surface area (Å²) in [6, 6.07) is 15.4. The summed E-state index contributed by atoms with van der Waals surface area (Å²) in [5.41, 5.74) is 4.72. The number of thioether (sulfide) groups is 1. The molecule has 0 unspecified atom stereocenters. The molecule has 4 nitrogen and oxygen atoms in total. The molecule has 0 atom stereocenters. The van der Waals surface area contributed by atoms with Crippen molar-refractivity contribution in [2.75, 3.05) is 19.1 Å². The van der Waals surface area contributed by atoms with E-state index in [0.29, 0.717) is 6.04 Å². The van der Waals surface area contributed by atoms with E-state index in [1.165, 1.54) is 43.4 Å². The monoisotopic (exact) mass is 381 g/mol. The third-order valence-electron chi connectivity index (χ3n) is 5.53. The molecule has 1 N–H and O–H groups in total. The highest BCUT2D eigenvalue weighted by atomic mass is 32.2. The minimum atomic E-state index is 0.670. The van der Waals surface area contributed by atoms with Crippen molar-refractivity contribution < 1.29 is 4.74 Å². The summed E-state index contributed by atoms with van der Waals surface area (Å²) < 4.78 is 5.30. The van der Waals surface area contributed by atoms with Gasteiger partial charge in [-0.15, -0.1) is 0 Å². The van der Waals surface area contributed by atoms with Crippen LogP contribution < -0.4 is 9.64 Å². The van der Waals surface area contributed by atoms with E-state index in [9.17, 15) is 0 Å². The van der Waals surface area contributed by atoms with Crippen LogP contribution in [0.1, 0.15) is 37.7 Å². The summed E-state index contributed by atoms with van der Waals surface area (Å²) in [4.78, 5) is 10.6. The molecule has 1 aliphatic rings. The van der Waals surface area contributed by atoms with Crippen molar-refractivity contribution in [3.05, 3.63) is 48.0 Å². The Kier molecular flexibility index (Phi) is 5.58. The molecule has 0 amide bonds. The van der Waals surface area contributed by atoms with Gasteiger partial charge in [0.05, 0.1) is 18.1 Å². The number of nitrogens with one attached hydrogen (secondary N) is 1. The predicted octanol–water partition coefficient (Wildman–Crippen LogP) is 5.63. The van der Waals surface area contributed by atoms with Gasteiger partial charge in [0.1, 0.15) is 5.75 Å². The summed E-state index contributed by atoms with van der Waals surface area (Å²) >= 11 is 1.76. The molecule has 142 valence electrons. The molecular formula is C22H27N3OS. The number of ether oxygens (including phenoxy) is 1. The first kappa shape index (κ1) is 18.2. The van der Waals surface area contributed by atoms with Gasteiger partial charge in [0.15, 0.2) is 5.16 Å². The fourth-order valence-electron chi connectivity index (χ4n) is 3.95. The van der Waals surface area contributed by atoms with Gasteiger partial charge in [-0.1, -0.05) is 49.2 Å². The highest BCUT2D eigenvalue weighted by Crippen LogP contribution is 2.32. The van der Waals surface area contributed by atoms with Crippen LogP contribution in [0.2, 0.25) is 0 Å². The number of H-pyrrole nitrogens is 1. The zero-order chi connectivity index (χ0) is 18.6. The second-order valence-electron chi connectivity index (χ2n) is 7.25. The van der Waals surface area contributed by atoms with Crippen LogP contribution in [0.4, 0.5) is 5.69 Å². The molecule has 0 aliphatic heterocycles. The average Bonchev–Trinajstić information content (AvgIpc) is 3.14. The molecule has 1 heterocycles. The maximum Gasteiger partial charge on any atom is 0.166 e. The van der Waals surface area contributed by atoms with E-state index in [4.69, 9.17) is 9.72 Å². The van der Waals surface area contributed by atoms with Gasteiger partial charge in [-0.25, -0.2) is 4.98 Å². The Morgan fingerprint density at radius 2 is 1.96 bits per heavy atom. The second kappa shape index (κ2) is 8.26. The van der Waals surface area contributed by atoms with Gasteiger partial charge in [-0.3, -0.25) is 0 Å². The molecule has 5 heteroatoms. The van der Waals surface area contributed by atoms with E-state index in [2.05, 4.69) is 41.2 Å². The van der Waals surface area contributed by atoms with Crippen molar-refractivity contribution in [1.82, 2.24) is 9.97 Å². The normalized spacial score (nSPS) is 15.2. The van der Waals surface area contributed by atoms with E-state index in [0.717, 1.165) is 27.7 Å². The first-order valence-corrected chi connectivity index (χ1v) is 10.7. The van der Waals surface area contributed by atoms with Crippen LogP contribution >= 0.6 is 11.8 Å². The number of hydrogen-bond donors (Lipinski definition) is 1. The topological polar surface area (TPSA) is 41.1 Å². The first-order chi connectivity index (χ1) is 13.2. The molecule has 1 aromatic heterocycles. The summed E-state index contributed by atoms with van der Waals surface area (Å²) in [6.07, 6.45) is 6.72. The van der Waals surface area contributed by atoms with E-state index in [1.54, 1.807) is 18.9 Å². The van der Waals surface area contributed by atoms with Crippen molar-refractivity contribution in [3.63, 3.8) is 0 Å². The first-order valence-electron chi connectivity index (χ1n) is 9.72. The number of nitrogens with zero attached hydrogens (tertiary/aromatic N) is 2. The third kappa shape index (κ3) is 4.08. The molecule has 4 rings (SSSR count). The second-order valence-corrected chi connectivity index (χ2v) is 8.21. The molecule has 1 fully saturated rings. The lowest BCUT2D eigenvalue weighted by Gasteiger charge is -2.34. The van der Waals surface area contributed by atoms with Crippen LogP contribution in [0.5, 0.6) is 5.75 Å². The Bertz CT molecular complexity index is 901. The van der Waals surface area contributed by atoms with E-state index >= 15 is 0 Å². The minimum absolute atomic E-state index is 0.670. The largest absolute Gasteiger partial charge is 0.497 e. The van der Waals surface area contributed by atoms with Crippen molar-refractivity contribution in [2.45, 2.75) is 49.1 Å². The zero-order valence-corrected chi connectivity index (χ0v) is 16.9. The van der Waals surface area contributed by atoms with Crippen molar-refractivity contribution in [2.24, 2.45) is 0 Å². The van der Waals surface area contributed by atoms with E-state index in [-0.39, 0.29) is 0 Å². The van der Waals surface area contributed by atoms with Crippen LogP contribution in [0.15, 0.2) is 47.6 Å². The van der Waals surface area contributed by atoms with Gasteiger partial charge in [-0.05, 0) is 36.6 Å². The lowest BCUT2D eigenvalue weighted by atomic mass is 9.94. The molecular weight excluding hydrogens is 354 g/mol. The summed E-state index contributed by atoms with van der Waals surface area (Å²) in [5, 5.41) is 0.952. The number of rotatable bonds is 6. The molecule has 0 saturated heterocycles. The van der Waals surface area contributed by atoms with Crippen LogP contribution in [0.25, 0.3) is 11.0 Å². The Morgan fingerprint density at radius 1 is 1.15 bits per heavy atom. The number of imidazole rings is 1. The number of para-hydroxylation sites is 1. The quantitative estimate of drug-likeness (QED) is 0.562. The summed E-state index contributed by atoms with van der Waals surface area (Å²) in [5.74, 6) is 1.76. The molecule has 0 bridgehead atoms. The molecule has 0 spiro atoms. The molecule has 27 heavy (non-hydrogen) atoms. The van der Waals surface area contributed by atoms with Crippen LogP contribution in [0.3, 0.4) is 0 Å². The highest BCUT2D eigenvalue weighted by Gasteiger charge is 2.20. The maximum atomic E-state index is 5.30. The maximum absolute atomic E-state index is 5.30. The van der Waals surface area contributed by atoms with E-state index in [1.807, 2.05) is 18.2 Å². The Morgan fingerprint density at radius 3 is 2.78 bits per heavy atom. The van der Waals surface area contributed by atoms with Crippen molar-refractivity contribution in [3.8, 4) is 5.75 Å². The van der Waals surface area contributed by atoms with Crippen LogP contribution in [0, 0.1) is 0 Å². The number of benzene rings is 2.